The minimum absolute atomic E-state index is 0.286. The maximum absolute atomic E-state index is 10.7. The average Bonchev–Trinajstić information content (AvgIpc) is 2.47. The maximum Gasteiger partial charge on any atom is 0.0835 e. The quantitative estimate of drug-likeness (QED) is 0.889. The second kappa shape index (κ2) is 6.41. The second-order valence-electron chi connectivity index (χ2n) is 6.53. The van der Waals surface area contributed by atoms with E-state index in [1.807, 2.05) is 18.2 Å². The molecule has 1 N–H and O–H groups in total. The highest BCUT2D eigenvalue weighted by molar-refractivity contribution is 5.19. The van der Waals surface area contributed by atoms with Gasteiger partial charge < -0.3 is 5.11 Å². The molecule has 0 radical (unpaired) electrons. The maximum atomic E-state index is 10.7. The summed E-state index contributed by atoms with van der Waals surface area (Å²) in [6.07, 6.45) is 4.08. The number of hydrogen-bond donors (Lipinski definition) is 1. The average molecular weight is 271 g/mol. The third kappa shape index (κ3) is 3.22. The van der Waals surface area contributed by atoms with Crippen LogP contribution in [0.4, 0.5) is 0 Å². The molecule has 1 fully saturated rings. The van der Waals surface area contributed by atoms with Crippen molar-refractivity contribution in [1.29, 1.82) is 5.26 Å². The lowest BCUT2D eigenvalue weighted by molar-refractivity contribution is 0.0139. The number of nitriles is 1. The molecule has 1 aromatic rings. The summed E-state index contributed by atoms with van der Waals surface area (Å²) >= 11 is 0. The normalized spacial score (nSPS) is 29.4. The van der Waals surface area contributed by atoms with Gasteiger partial charge in [0.15, 0.2) is 0 Å². The van der Waals surface area contributed by atoms with Gasteiger partial charge in [0.25, 0.3) is 0 Å². The molecule has 108 valence electrons. The van der Waals surface area contributed by atoms with Crippen molar-refractivity contribution in [3.63, 3.8) is 0 Å². The van der Waals surface area contributed by atoms with Gasteiger partial charge in [-0.05, 0) is 36.7 Å². The van der Waals surface area contributed by atoms with E-state index in [-0.39, 0.29) is 5.92 Å². The van der Waals surface area contributed by atoms with Crippen LogP contribution >= 0.6 is 0 Å². The van der Waals surface area contributed by atoms with Crippen LogP contribution in [0.3, 0.4) is 0 Å². The molecule has 0 heterocycles. The van der Waals surface area contributed by atoms with E-state index < -0.39 is 11.5 Å². The van der Waals surface area contributed by atoms with E-state index in [4.69, 9.17) is 0 Å². The first-order valence-corrected chi connectivity index (χ1v) is 7.71. The molecule has 1 aliphatic rings. The minimum Gasteiger partial charge on any atom is -0.391 e. The molecule has 1 saturated carbocycles. The van der Waals surface area contributed by atoms with Crippen LogP contribution in [-0.2, 0) is 0 Å². The fourth-order valence-electron chi connectivity index (χ4n) is 3.55. The Bertz CT molecular complexity index is 464. The van der Waals surface area contributed by atoms with Gasteiger partial charge in [0.05, 0.1) is 17.6 Å². The first-order chi connectivity index (χ1) is 9.57. The molecule has 20 heavy (non-hydrogen) atoms. The van der Waals surface area contributed by atoms with Crippen LogP contribution in [0, 0.1) is 22.7 Å². The molecule has 4 unspecified atom stereocenters. The lowest BCUT2D eigenvalue weighted by Crippen LogP contribution is -2.38. The summed E-state index contributed by atoms with van der Waals surface area (Å²) in [6, 6.07) is 12.7. The zero-order valence-corrected chi connectivity index (χ0v) is 12.5. The van der Waals surface area contributed by atoms with E-state index in [2.05, 4.69) is 32.0 Å². The molecule has 0 saturated heterocycles. The third-order valence-electron chi connectivity index (χ3n) is 4.84. The molecule has 4 atom stereocenters. The van der Waals surface area contributed by atoms with Crippen LogP contribution in [0.15, 0.2) is 30.3 Å². The number of aliphatic hydroxyl groups is 1. The van der Waals surface area contributed by atoms with E-state index in [0.29, 0.717) is 12.3 Å². The standard InChI is InChI=1S/C18H25NO/c1-14-7-6-10-18(12-14,13-19)17(20)11-15(2)16-8-4-3-5-9-16/h3-5,8-9,14-15,17,20H,6-7,10-12H2,1-2H3. The van der Waals surface area contributed by atoms with Crippen molar-refractivity contribution in [2.75, 3.05) is 0 Å². The van der Waals surface area contributed by atoms with Crippen molar-refractivity contribution in [2.24, 2.45) is 11.3 Å². The Labute approximate surface area is 122 Å². The van der Waals surface area contributed by atoms with Crippen LogP contribution in [0.2, 0.25) is 0 Å². The number of hydrogen-bond acceptors (Lipinski definition) is 2. The summed E-state index contributed by atoms with van der Waals surface area (Å²) in [5.41, 5.74) is 0.712. The number of nitrogens with zero attached hydrogens (tertiary/aromatic N) is 1. The van der Waals surface area contributed by atoms with Crippen molar-refractivity contribution >= 4 is 0 Å². The molecule has 1 aliphatic carbocycles. The van der Waals surface area contributed by atoms with Crippen molar-refractivity contribution < 1.29 is 5.11 Å². The second-order valence-corrected chi connectivity index (χ2v) is 6.53. The Morgan fingerprint density at radius 3 is 2.70 bits per heavy atom. The van der Waals surface area contributed by atoms with Gasteiger partial charge in [-0.1, -0.05) is 57.0 Å². The summed E-state index contributed by atoms with van der Waals surface area (Å²) in [6.45, 7) is 4.33. The van der Waals surface area contributed by atoms with Crippen LogP contribution in [0.5, 0.6) is 0 Å². The summed E-state index contributed by atoms with van der Waals surface area (Å²) in [5, 5.41) is 20.3. The molecular weight excluding hydrogens is 246 g/mol. The summed E-state index contributed by atoms with van der Waals surface area (Å²) in [7, 11) is 0. The van der Waals surface area contributed by atoms with Crippen molar-refractivity contribution in [3.8, 4) is 6.07 Å². The van der Waals surface area contributed by atoms with E-state index in [1.165, 1.54) is 12.0 Å². The van der Waals surface area contributed by atoms with Crippen molar-refractivity contribution in [2.45, 2.75) is 58.0 Å². The van der Waals surface area contributed by atoms with Gasteiger partial charge in [0.1, 0.15) is 0 Å². The number of rotatable bonds is 4. The minimum atomic E-state index is -0.527. The number of benzene rings is 1. The Morgan fingerprint density at radius 1 is 1.40 bits per heavy atom. The van der Waals surface area contributed by atoms with Crippen LogP contribution in [0.25, 0.3) is 0 Å². The first kappa shape index (κ1) is 15.1. The Morgan fingerprint density at radius 2 is 2.10 bits per heavy atom. The molecule has 2 heteroatoms. The van der Waals surface area contributed by atoms with E-state index in [1.54, 1.807) is 0 Å². The van der Waals surface area contributed by atoms with Crippen LogP contribution in [0.1, 0.15) is 57.4 Å². The molecular formula is C18H25NO. The van der Waals surface area contributed by atoms with Gasteiger partial charge in [-0.2, -0.15) is 5.26 Å². The predicted molar refractivity (Wildman–Crippen MR) is 81.2 cm³/mol. The molecule has 2 nitrogen and oxygen atoms in total. The lowest BCUT2D eigenvalue weighted by Gasteiger charge is -2.38. The summed E-state index contributed by atoms with van der Waals surface area (Å²) in [5.74, 6) is 0.832. The topological polar surface area (TPSA) is 44.0 Å². The predicted octanol–water partition coefficient (Wildman–Crippen LogP) is 4.26. The SMILES string of the molecule is CC1CCCC(C#N)(C(O)CC(C)c2ccccc2)C1. The van der Waals surface area contributed by atoms with Gasteiger partial charge >= 0.3 is 0 Å². The van der Waals surface area contributed by atoms with Gasteiger partial charge in [-0.15, -0.1) is 0 Å². The van der Waals surface area contributed by atoms with E-state index in [9.17, 15) is 10.4 Å². The molecule has 0 aliphatic heterocycles. The van der Waals surface area contributed by atoms with Crippen LogP contribution < -0.4 is 0 Å². The van der Waals surface area contributed by atoms with Crippen LogP contribution in [-0.4, -0.2) is 11.2 Å². The fraction of sp³-hybridized carbons (Fsp3) is 0.611. The highest BCUT2D eigenvalue weighted by Gasteiger charge is 2.41. The molecule has 0 spiro atoms. The van der Waals surface area contributed by atoms with Crippen molar-refractivity contribution in [1.82, 2.24) is 0 Å². The zero-order chi connectivity index (χ0) is 14.6. The van der Waals surface area contributed by atoms with Gasteiger partial charge in [-0.3, -0.25) is 0 Å². The first-order valence-electron chi connectivity index (χ1n) is 7.71. The Balaban J connectivity index is 2.06. The Kier molecular flexibility index (Phi) is 4.83. The number of aliphatic hydroxyl groups excluding tert-OH is 1. The molecule has 2 rings (SSSR count). The largest absolute Gasteiger partial charge is 0.391 e. The third-order valence-corrected chi connectivity index (χ3v) is 4.84. The van der Waals surface area contributed by atoms with Gasteiger partial charge in [0.2, 0.25) is 0 Å². The fourth-order valence-corrected chi connectivity index (χ4v) is 3.55. The van der Waals surface area contributed by atoms with E-state index >= 15 is 0 Å². The Hall–Kier alpha value is -1.33. The lowest BCUT2D eigenvalue weighted by atomic mass is 9.66. The molecule has 1 aromatic carbocycles. The summed E-state index contributed by atoms with van der Waals surface area (Å²) < 4.78 is 0. The van der Waals surface area contributed by atoms with Crippen molar-refractivity contribution in [3.05, 3.63) is 35.9 Å². The van der Waals surface area contributed by atoms with Gasteiger partial charge in [0, 0.05) is 0 Å². The summed E-state index contributed by atoms with van der Waals surface area (Å²) in [4.78, 5) is 0. The zero-order valence-electron chi connectivity index (χ0n) is 12.5. The highest BCUT2D eigenvalue weighted by atomic mass is 16.3. The smallest absolute Gasteiger partial charge is 0.0835 e. The molecule has 0 bridgehead atoms. The van der Waals surface area contributed by atoms with E-state index in [0.717, 1.165) is 19.3 Å². The monoisotopic (exact) mass is 271 g/mol. The molecule has 0 aromatic heterocycles. The van der Waals surface area contributed by atoms with Gasteiger partial charge in [-0.25, -0.2) is 0 Å². The highest BCUT2D eigenvalue weighted by Crippen LogP contribution is 2.43. The molecule has 0 amide bonds.